The van der Waals surface area contributed by atoms with Gasteiger partial charge in [-0.25, -0.2) is 9.97 Å². The van der Waals surface area contributed by atoms with Crippen LogP contribution in [0, 0.1) is 5.92 Å². The number of hydrogen-bond acceptors (Lipinski definition) is 4. The van der Waals surface area contributed by atoms with E-state index in [-0.39, 0.29) is 5.91 Å². The van der Waals surface area contributed by atoms with E-state index in [0.29, 0.717) is 36.0 Å². The van der Waals surface area contributed by atoms with Gasteiger partial charge in [-0.15, -0.1) is 0 Å². The fourth-order valence-electron chi connectivity index (χ4n) is 1.55. The lowest BCUT2D eigenvalue weighted by Crippen LogP contribution is -2.36. The van der Waals surface area contributed by atoms with E-state index < -0.39 is 0 Å². The molecule has 0 aliphatic carbocycles. The Morgan fingerprint density at radius 3 is 2.56 bits per heavy atom. The molecule has 0 spiro atoms. The van der Waals surface area contributed by atoms with Crippen LogP contribution < -0.4 is 5.73 Å². The Bertz CT molecular complexity index is 408. The second-order valence-corrected chi connectivity index (χ2v) is 5.01. The minimum Gasteiger partial charge on any atom is -0.393 e. The highest BCUT2D eigenvalue weighted by Crippen LogP contribution is 2.06. The molecule has 6 heteroatoms. The molecule has 0 aliphatic heterocycles. The van der Waals surface area contributed by atoms with Crippen molar-refractivity contribution in [2.75, 3.05) is 13.1 Å². The molecule has 98 valence electrons. The standard InChI is InChI=1S/C12H18N4OS/c1-9(2)7-16(4-3-11(13)18)12(17)10-5-14-8-15-6-10/h5-6,8-9H,3-4,7H2,1-2H3,(H2,13,18). The molecule has 0 radical (unpaired) electrons. The Labute approximate surface area is 112 Å². The van der Waals surface area contributed by atoms with E-state index in [1.807, 2.05) is 0 Å². The van der Waals surface area contributed by atoms with Crippen LogP contribution in [0.25, 0.3) is 0 Å². The van der Waals surface area contributed by atoms with Crippen molar-refractivity contribution in [3.63, 3.8) is 0 Å². The second kappa shape index (κ2) is 7.00. The highest BCUT2D eigenvalue weighted by atomic mass is 32.1. The third-order valence-corrected chi connectivity index (χ3v) is 2.51. The molecule has 1 amide bonds. The molecule has 0 aromatic carbocycles. The molecule has 0 unspecified atom stereocenters. The predicted octanol–water partition coefficient (Wildman–Crippen LogP) is 1.25. The zero-order valence-electron chi connectivity index (χ0n) is 10.7. The van der Waals surface area contributed by atoms with Gasteiger partial charge in [-0.05, 0) is 5.92 Å². The summed E-state index contributed by atoms with van der Waals surface area (Å²) in [7, 11) is 0. The van der Waals surface area contributed by atoms with E-state index in [1.54, 1.807) is 4.90 Å². The molecule has 0 bridgehead atoms. The van der Waals surface area contributed by atoms with Crippen LogP contribution in [0.5, 0.6) is 0 Å². The number of thiocarbonyl (C=S) groups is 1. The average Bonchev–Trinajstić information content (AvgIpc) is 2.34. The first-order valence-corrected chi connectivity index (χ1v) is 6.24. The highest BCUT2D eigenvalue weighted by molar-refractivity contribution is 7.80. The third kappa shape index (κ3) is 4.75. The van der Waals surface area contributed by atoms with Gasteiger partial charge in [-0.2, -0.15) is 0 Å². The van der Waals surface area contributed by atoms with Crippen molar-refractivity contribution >= 4 is 23.1 Å². The molecule has 0 atom stereocenters. The van der Waals surface area contributed by atoms with Crippen LogP contribution in [-0.2, 0) is 0 Å². The fraction of sp³-hybridized carbons (Fsp3) is 0.500. The predicted molar refractivity (Wildman–Crippen MR) is 74.2 cm³/mol. The van der Waals surface area contributed by atoms with Gasteiger partial charge in [-0.3, -0.25) is 4.79 Å². The molecule has 1 aromatic heterocycles. The molecule has 1 aromatic rings. The van der Waals surface area contributed by atoms with Gasteiger partial charge in [-0.1, -0.05) is 26.1 Å². The number of carbonyl (C=O) groups excluding carboxylic acids is 1. The Morgan fingerprint density at radius 1 is 1.44 bits per heavy atom. The van der Waals surface area contributed by atoms with E-state index in [4.69, 9.17) is 18.0 Å². The van der Waals surface area contributed by atoms with Crippen LogP contribution >= 0.6 is 12.2 Å². The lowest BCUT2D eigenvalue weighted by molar-refractivity contribution is 0.0740. The van der Waals surface area contributed by atoms with Crippen LogP contribution in [0.3, 0.4) is 0 Å². The summed E-state index contributed by atoms with van der Waals surface area (Å²) < 4.78 is 0. The summed E-state index contributed by atoms with van der Waals surface area (Å²) in [6.45, 7) is 5.31. The first-order valence-electron chi connectivity index (χ1n) is 5.83. The molecule has 1 heterocycles. The summed E-state index contributed by atoms with van der Waals surface area (Å²) in [5, 5.41) is 0. The maximum absolute atomic E-state index is 12.3. The average molecular weight is 266 g/mol. The number of aromatic nitrogens is 2. The molecule has 18 heavy (non-hydrogen) atoms. The Morgan fingerprint density at radius 2 is 2.06 bits per heavy atom. The van der Waals surface area contributed by atoms with Crippen molar-refractivity contribution in [2.24, 2.45) is 11.7 Å². The van der Waals surface area contributed by atoms with Gasteiger partial charge in [0.2, 0.25) is 0 Å². The van der Waals surface area contributed by atoms with Gasteiger partial charge in [0, 0.05) is 31.9 Å². The maximum Gasteiger partial charge on any atom is 0.257 e. The van der Waals surface area contributed by atoms with E-state index >= 15 is 0 Å². The second-order valence-electron chi connectivity index (χ2n) is 4.49. The largest absolute Gasteiger partial charge is 0.393 e. The zero-order chi connectivity index (χ0) is 13.5. The summed E-state index contributed by atoms with van der Waals surface area (Å²) >= 11 is 4.85. The number of nitrogens with two attached hydrogens (primary N) is 1. The lowest BCUT2D eigenvalue weighted by atomic mass is 10.2. The monoisotopic (exact) mass is 266 g/mol. The topological polar surface area (TPSA) is 72.1 Å². The summed E-state index contributed by atoms with van der Waals surface area (Å²) in [4.78, 5) is 22.1. The van der Waals surface area contributed by atoms with Gasteiger partial charge in [0.1, 0.15) is 6.33 Å². The number of hydrogen-bond donors (Lipinski definition) is 1. The van der Waals surface area contributed by atoms with E-state index in [0.717, 1.165) is 0 Å². The van der Waals surface area contributed by atoms with Crippen LogP contribution in [0.1, 0.15) is 30.6 Å². The first kappa shape index (κ1) is 14.5. The Balaban J connectivity index is 2.75. The van der Waals surface area contributed by atoms with Crippen LogP contribution in [0.4, 0.5) is 0 Å². The number of rotatable bonds is 6. The number of amides is 1. The first-order chi connectivity index (χ1) is 8.50. The van der Waals surface area contributed by atoms with Crippen molar-refractivity contribution in [3.05, 3.63) is 24.3 Å². The van der Waals surface area contributed by atoms with Gasteiger partial charge in [0.05, 0.1) is 10.6 Å². The van der Waals surface area contributed by atoms with E-state index in [1.165, 1.54) is 18.7 Å². The third-order valence-electron chi connectivity index (χ3n) is 2.31. The smallest absolute Gasteiger partial charge is 0.257 e. The zero-order valence-corrected chi connectivity index (χ0v) is 11.5. The molecular weight excluding hydrogens is 248 g/mol. The molecule has 0 saturated carbocycles. The van der Waals surface area contributed by atoms with Crippen LogP contribution in [0.15, 0.2) is 18.7 Å². The maximum atomic E-state index is 12.3. The minimum absolute atomic E-state index is 0.0828. The van der Waals surface area contributed by atoms with E-state index in [9.17, 15) is 4.79 Å². The Kier molecular flexibility index (Phi) is 5.64. The van der Waals surface area contributed by atoms with Gasteiger partial charge in [0.15, 0.2) is 0 Å². The number of nitrogens with zero attached hydrogens (tertiary/aromatic N) is 3. The van der Waals surface area contributed by atoms with E-state index in [2.05, 4.69) is 23.8 Å². The van der Waals surface area contributed by atoms with Crippen LogP contribution in [0.2, 0.25) is 0 Å². The van der Waals surface area contributed by atoms with Crippen molar-refractivity contribution in [1.29, 1.82) is 0 Å². The van der Waals surface area contributed by atoms with Gasteiger partial charge >= 0.3 is 0 Å². The molecule has 0 aliphatic rings. The van der Waals surface area contributed by atoms with Crippen molar-refractivity contribution in [1.82, 2.24) is 14.9 Å². The normalized spacial score (nSPS) is 10.4. The molecule has 1 rings (SSSR count). The van der Waals surface area contributed by atoms with Crippen molar-refractivity contribution in [3.8, 4) is 0 Å². The molecule has 0 saturated heterocycles. The summed E-state index contributed by atoms with van der Waals surface area (Å²) in [6.07, 6.45) is 4.97. The lowest BCUT2D eigenvalue weighted by Gasteiger charge is -2.24. The Hall–Kier alpha value is -1.56. The van der Waals surface area contributed by atoms with Gasteiger partial charge in [0.25, 0.3) is 5.91 Å². The molecular formula is C12H18N4OS. The summed E-state index contributed by atoms with van der Waals surface area (Å²) in [6, 6.07) is 0. The summed E-state index contributed by atoms with van der Waals surface area (Å²) in [5.41, 5.74) is 5.97. The van der Waals surface area contributed by atoms with Gasteiger partial charge < -0.3 is 10.6 Å². The molecule has 2 N–H and O–H groups in total. The minimum atomic E-state index is -0.0828. The highest BCUT2D eigenvalue weighted by Gasteiger charge is 2.17. The molecule has 0 fully saturated rings. The van der Waals surface area contributed by atoms with Crippen molar-refractivity contribution in [2.45, 2.75) is 20.3 Å². The summed E-state index contributed by atoms with van der Waals surface area (Å²) in [5.74, 6) is 0.297. The van der Waals surface area contributed by atoms with Crippen LogP contribution in [-0.4, -0.2) is 38.9 Å². The molecule has 5 nitrogen and oxygen atoms in total. The SMILES string of the molecule is CC(C)CN(CCC(N)=S)C(=O)c1cncnc1. The fourth-order valence-corrected chi connectivity index (χ4v) is 1.65. The number of carbonyl (C=O) groups is 1. The van der Waals surface area contributed by atoms with Crippen molar-refractivity contribution < 1.29 is 4.79 Å². The quantitative estimate of drug-likeness (QED) is 0.785.